The number of hydrogen-bond donors (Lipinski definition) is 1. The molecule has 0 fully saturated rings. The Morgan fingerprint density at radius 3 is 3.06 bits per heavy atom. The average molecular weight is 288 g/mol. The molecule has 1 amide bonds. The molecule has 1 aromatic rings. The van der Waals surface area contributed by atoms with E-state index in [0.29, 0.717) is 13.2 Å². The number of rotatable bonds is 5. The van der Waals surface area contributed by atoms with Crippen LogP contribution < -0.4 is 5.32 Å². The fourth-order valence-electron chi connectivity index (χ4n) is 2.13. The van der Waals surface area contributed by atoms with Crippen molar-refractivity contribution in [3.05, 3.63) is 21.4 Å². The van der Waals surface area contributed by atoms with Gasteiger partial charge in [0.25, 0.3) is 5.91 Å². The van der Waals surface area contributed by atoms with Crippen molar-refractivity contribution in [2.45, 2.75) is 31.1 Å². The predicted molar refractivity (Wildman–Crippen MR) is 74.8 cm³/mol. The first-order valence-electron chi connectivity index (χ1n) is 6.23. The van der Waals surface area contributed by atoms with E-state index < -0.39 is 0 Å². The van der Waals surface area contributed by atoms with E-state index in [1.54, 1.807) is 18.4 Å². The third-order valence-electron chi connectivity index (χ3n) is 3.05. The Kier molecular flexibility index (Phi) is 5.03. The number of carbonyl (C=O) groups is 1. The molecule has 1 aliphatic rings. The second kappa shape index (κ2) is 6.55. The van der Waals surface area contributed by atoms with Crippen LogP contribution in [0, 0.1) is 0 Å². The Balaban J connectivity index is 1.90. The molecule has 0 bridgehead atoms. The number of fused-ring (bicyclic) bond motifs is 1. The topological polar surface area (TPSA) is 38.3 Å². The molecule has 100 valence electrons. The van der Waals surface area contributed by atoms with Crippen molar-refractivity contribution >= 4 is 28.8 Å². The number of ether oxygens (including phenoxy) is 1. The smallest absolute Gasteiger partial charge is 0.261 e. The average Bonchev–Trinajstić information content (AvgIpc) is 2.80. The summed E-state index contributed by atoms with van der Waals surface area (Å²) in [7, 11) is 1.60. The van der Waals surface area contributed by atoms with Crippen LogP contribution in [-0.4, -0.2) is 31.5 Å². The van der Waals surface area contributed by atoms with Crippen LogP contribution in [0.3, 0.4) is 0 Å². The van der Waals surface area contributed by atoms with Crippen molar-refractivity contribution in [1.82, 2.24) is 5.32 Å². The number of alkyl halides is 1. The number of aryl methyl sites for hydroxylation is 2. The van der Waals surface area contributed by atoms with E-state index in [1.807, 2.05) is 6.07 Å². The van der Waals surface area contributed by atoms with Gasteiger partial charge in [-0.15, -0.1) is 22.9 Å². The van der Waals surface area contributed by atoms with Gasteiger partial charge in [-0.3, -0.25) is 4.79 Å². The zero-order valence-corrected chi connectivity index (χ0v) is 12.1. The monoisotopic (exact) mass is 287 g/mol. The normalized spacial score (nSPS) is 16.1. The molecule has 0 saturated heterocycles. The van der Waals surface area contributed by atoms with Crippen molar-refractivity contribution in [3.63, 3.8) is 0 Å². The van der Waals surface area contributed by atoms with Crippen LogP contribution in [0.15, 0.2) is 6.07 Å². The summed E-state index contributed by atoms with van der Waals surface area (Å²) in [6.07, 6.45) is 4.71. The lowest BCUT2D eigenvalue weighted by atomic mass is 9.99. The number of amides is 1. The molecule has 1 unspecified atom stereocenters. The SMILES string of the molecule is COCC(Cl)CNC(=O)c1cc2c(s1)CCCC2. The molecule has 1 aromatic heterocycles. The lowest BCUT2D eigenvalue weighted by molar-refractivity contribution is 0.0953. The Bertz CT molecular complexity index is 396. The van der Waals surface area contributed by atoms with Crippen molar-refractivity contribution in [3.8, 4) is 0 Å². The number of hydrogen-bond acceptors (Lipinski definition) is 3. The molecule has 1 atom stereocenters. The fourth-order valence-corrected chi connectivity index (χ4v) is 3.51. The minimum Gasteiger partial charge on any atom is -0.383 e. The van der Waals surface area contributed by atoms with E-state index in [1.165, 1.54) is 23.3 Å². The summed E-state index contributed by atoms with van der Waals surface area (Å²) in [6, 6.07) is 2.04. The molecule has 2 rings (SSSR count). The predicted octanol–water partition coefficient (Wildman–Crippen LogP) is 2.61. The quantitative estimate of drug-likeness (QED) is 0.846. The molecule has 1 heterocycles. The van der Waals surface area contributed by atoms with Gasteiger partial charge in [-0.25, -0.2) is 0 Å². The summed E-state index contributed by atoms with van der Waals surface area (Å²) in [5, 5.41) is 2.68. The van der Waals surface area contributed by atoms with Crippen molar-refractivity contribution in [2.75, 3.05) is 20.3 Å². The first-order chi connectivity index (χ1) is 8.70. The second-order valence-electron chi connectivity index (χ2n) is 4.53. The zero-order valence-electron chi connectivity index (χ0n) is 10.5. The number of carbonyl (C=O) groups excluding carboxylic acids is 1. The molecule has 1 N–H and O–H groups in total. The van der Waals surface area contributed by atoms with E-state index in [-0.39, 0.29) is 11.3 Å². The maximum Gasteiger partial charge on any atom is 0.261 e. The van der Waals surface area contributed by atoms with Gasteiger partial charge < -0.3 is 10.1 Å². The van der Waals surface area contributed by atoms with Crippen LogP contribution in [0.4, 0.5) is 0 Å². The van der Waals surface area contributed by atoms with E-state index in [2.05, 4.69) is 5.32 Å². The molecule has 0 aliphatic heterocycles. The van der Waals surface area contributed by atoms with Gasteiger partial charge in [0.2, 0.25) is 0 Å². The highest BCUT2D eigenvalue weighted by Gasteiger charge is 2.17. The van der Waals surface area contributed by atoms with Gasteiger partial charge in [-0.1, -0.05) is 0 Å². The van der Waals surface area contributed by atoms with Gasteiger partial charge in [-0.05, 0) is 37.3 Å². The number of halogens is 1. The van der Waals surface area contributed by atoms with Crippen LogP contribution in [0.1, 0.15) is 33.0 Å². The first kappa shape index (κ1) is 13.8. The number of nitrogens with one attached hydrogen (secondary N) is 1. The summed E-state index contributed by atoms with van der Waals surface area (Å²) >= 11 is 7.60. The van der Waals surface area contributed by atoms with Crippen LogP contribution in [0.25, 0.3) is 0 Å². The molecule has 0 aromatic carbocycles. The summed E-state index contributed by atoms with van der Waals surface area (Å²) in [5.74, 6) is -0.0175. The fraction of sp³-hybridized carbons (Fsp3) is 0.615. The van der Waals surface area contributed by atoms with Crippen molar-refractivity contribution in [1.29, 1.82) is 0 Å². The van der Waals surface area contributed by atoms with E-state index in [4.69, 9.17) is 16.3 Å². The minimum atomic E-state index is -0.173. The minimum absolute atomic E-state index is 0.0175. The van der Waals surface area contributed by atoms with Gasteiger partial charge in [0.15, 0.2) is 0 Å². The maximum absolute atomic E-state index is 12.0. The number of thiophene rings is 1. The Morgan fingerprint density at radius 1 is 1.56 bits per heavy atom. The lowest BCUT2D eigenvalue weighted by Gasteiger charge is -2.08. The van der Waals surface area contributed by atoms with Crippen molar-refractivity contribution in [2.24, 2.45) is 0 Å². The van der Waals surface area contributed by atoms with Gasteiger partial charge in [0.05, 0.1) is 16.9 Å². The maximum atomic E-state index is 12.0. The highest BCUT2D eigenvalue weighted by Crippen LogP contribution is 2.29. The highest BCUT2D eigenvalue weighted by atomic mass is 35.5. The zero-order chi connectivity index (χ0) is 13.0. The molecule has 1 aliphatic carbocycles. The standard InChI is InChI=1S/C13H18ClNO2S/c1-17-8-10(14)7-15-13(16)12-6-9-4-2-3-5-11(9)18-12/h6,10H,2-5,7-8H2,1H3,(H,15,16). The summed E-state index contributed by atoms with van der Waals surface area (Å²) in [5.41, 5.74) is 1.36. The van der Waals surface area contributed by atoms with E-state index >= 15 is 0 Å². The van der Waals surface area contributed by atoms with Crippen LogP contribution in [-0.2, 0) is 17.6 Å². The van der Waals surface area contributed by atoms with Gasteiger partial charge in [0.1, 0.15) is 0 Å². The van der Waals surface area contributed by atoms with E-state index in [0.717, 1.165) is 17.7 Å². The number of methoxy groups -OCH3 is 1. The Hall–Kier alpha value is -0.580. The van der Waals surface area contributed by atoms with Crippen molar-refractivity contribution < 1.29 is 9.53 Å². The molecule has 5 heteroatoms. The van der Waals surface area contributed by atoms with Crippen LogP contribution in [0.2, 0.25) is 0 Å². The first-order valence-corrected chi connectivity index (χ1v) is 7.48. The molecular weight excluding hydrogens is 270 g/mol. The Labute approximate surface area is 116 Å². The molecule has 0 spiro atoms. The summed E-state index contributed by atoms with van der Waals surface area (Å²) in [6.45, 7) is 0.888. The molecule has 0 saturated carbocycles. The van der Waals surface area contributed by atoms with Gasteiger partial charge in [-0.2, -0.15) is 0 Å². The molecule has 0 radical (unpaired) electrons. The summed E-state index contributed by atoms with van der Waals surface area (Å²) < 4.78 is 4.93. The van der Waals surface area contributed by atoms with Crippen LogP contribution in [0.5, 0.6) is 0 Å². The largest absolute Gasteiger partial charge is 0.383 e. The third-order valence-corrected chi connectivity index (χ3v) is 4.57. The highest BCUT2D eigenvalue weighted by molar-refractivity contribution is 7.14. The molecule has 3 nitrogen and oxygen atoms in total. The third kappa shape index (κ3) is 3.46. The second-order valence-corrected chi connectivity index (χ2v) is 6.28. The lowest BCUT2D eigenvalue weighted by Crippen LogP contribution is -2.31. The summed E-state index contributed by atoms with van der Waals surface area (Å²) in [4.78, 5) is 14.2. The van der Waals surface area contributed by atoms with Gasteiger partial charge >= 0.3 is 0 Å². The molecule has 18 heavy (non-hydrogen) atoms. The Morgan fingerprint density at radius 2 is 2.33 bits per heavy atom. The van der Waals surface area contributed by atoms with E-state index in [9.17, 15) is 4.79 Å². The molecular formula is C13H18ClNO2S. The van der Waals surface area contributed by atoms with Gasteiger partial charge in [0, 0.05) is 18.5 Å². The van der Waals surface area contributed by atoms with Crippen LogP contribution >= 0.6 is 22.9 Å².